The van der Waals surface area contributed by atoms with Crippen LogP contribution in [0.2, 0.25) is 0 Å². The van der Waals surface area contributed by atoms with Crippen molar-refractivity contribution in [2.45, 2.75) is 6.61 Å². The summed E-state index contributed by atoms with van der Waals surface area (Å²) in [4.78, 5) is 4.55. The van der Waals surface area contributed by atoms with Crippen molar-refractivity contribution < 1.29 is 13.9 Å². The van der Waals surface area contributed by atoms with E-state index in [1.165, 1.54) is 23.5 Å². The van der Waals surface area contributed by atoms with Crippen LogP contribution in [0.5, 0.6) is 11.5 Å². The van der Waals surface area contributed by atoms with Crippen molar-refractivity contribution in [2.24, 2.45) is 5.10 Å². The van der Waals surface area contributed by atoms with Crippen LogP contribution in [0.1, 0.15) is 11.1 Å². The van der Waals surface area contributed by atoms with Gasteiger partial charge < -0.3 is 9.47 Å². The molecule has 0 fully saturated rings. The normalized spacial score (nSPS) is 10.9. The lowest BCUT2D eigenvalue weighted by atomic mass is 10.2. The van der Waals surface area contributed by atoms with E-state index in [0.29, 0.717) is 16.6 Å². The van der Waals surface area contributed by atoms with Gasteiger partial charge in [-0.15, -0.1) is 11.3 Å². The molecule has 1 N–H and O–H groups in total. The van der Waals surface area contributed by atoms with Crippen molar-refractivity contribution in [1.29, 1.82) is 0 Å². The summed E-state index contributed by atoms with van der Waals surface area (Å²) in [7, 11) is 1.57. The average molecular weight is 434 g/mol. The highest BCUT2D eigenvalue weighted by atomic mass is 32.1. The lowest BCUT2D eigenvalue weighted by Gasteiger charge is -2.13. The van der Waals surface area contributed by atoms with Gasteiger partial charge in [-0.3, -0.25) is 5.43 Å². The number of hydrazone groups is 1. The molecule has 0 aliphatic carbocycles. The van der Waals surface area contributed by atoms with E-state index < -0.39 is 0 Å². The second-order valence-electron chi connectivity index (χ2n) is 6.57. The zero-order valence-electron chi connectivity index (χ0n) is 16.8. The van der Waals surface area contributed by atoms with Crippen LogP contribution < -0.4 is 14.9 Å². The van der Waals surface area contributed by atoms with Crippen LogP contribution in [-0.4, -0.2) is 18.3 Å². The number of methoxy groups -OCH3 is 1. The van der Waals surface area contributed by atoms with Crippen molar-refractivity contribution in [3.8, 4) is 22.8 Å². The maximum atomic E-state index is 13.4. The topological polar surface area (TPSA) is 55.7 Å². The van der Waals surface area contributed by atoms with E-state index >= 15 is 0 Å². The number of ether oxygens (including phenoxy) is 2. The van der Waals surface area contributed by atoms with E-state index in [0.717, 1.165) is 22.4 Å². The average Bonchev–Trinajstić information content (AvgIpc) is 3.27. The lowest BCUT2D eigenvalue weighted by molar-refractivity contribution is 0.283. The molecule has 0 amide bonds. The number of nitrogens with zero attached hydrogens (tertiary/aromatic N) is 2. The fraction of sp³-hybridized carbons (Fsp3) is 0.0833. The van der Waals surface area contributed by atoms with Crippen LogP contribution in [-0.2, 0) is 6.61 Å². The Hall–Kier alpha value is -3.71. The van der Waals surface area contributed by atoms with Gasteiger partial charge in [-0.05, 0) is 29.8 Å². The zero-order chi connectivity index (χ0) is 21.5. The first-order valence-corrected chi connectivity index (χ1v) is 10.4. The number of halogens is 1. The number of benzene rings is 3. The first-order chi connectivity index (χ1) is 15.2. The Labute approximate surface area is 183 Å². The lowest BCUT2D eigenvalue weighted by Crippen LogP contribution is -2.02. The minimum atomic E-state index is -0.301. The smallest absolute Gasteiger partial charge is 0.203 e. The van der Waals surface area contributed by atoms with E-state index in [9.17, 15) is 4.39 Å². The van der Waals surface area contributed by atoms with Crippen LogP contribution in [0.3, 0.4) is 0 Å². The SMILES string of the molecule is COc1cccc(C=NNc2nc(-c3ccccc3)cs2)c1OCc1cccc(F)c1. The van der Waals surface area contributed by atoms with Gasteiger partial charge in [0.1, 0.15) is 12.4 Å². The number of anilines is 1. The van der Waals surface area contributed by atoms with Gasteiger partial charge in [-0.1, -0.05) is 48.5 Å². The minimum absolute atomic E-state index is 0.208. The summed E-state index contributed by atoms with van der Waals surface area (Å²) >= 11 is 1.47. The molecule has 156 valence electrons. The zero-order valence-corrected chi connectivity index (χ0v) is 17.6. The fourth-order valence-electron chi connectivity index (χ4n) is 2.96. The van der Waals surface area contributed by atoms with E-state index in [-0.39, 0.29) is 12.4 Å². The number of rotatable bonds is 8. The number of hydrogen-bond donors (Lipinski definition) is 1. The fourth-order valence-corrected chi connectivity index (χ4v) is 3.62. The van der Waals surface area contributed by atoms with Gasteiger partial charge in [0.2, 0.25) is 5.13 Å². The monoisotopic (exact) mass is 433 g/mol. The van der Waals surface area contributed by atoms with Crippen LogP contribution in [0.4, 0.5) is 9.52 Å². The molecule has 0 atom stereocenters. The molecule has 4 rings (SSSR count). The van der Waals surface area contributed by atoms with E-state index in [4.69, 9.17) is 9.47 Å². The van der Waals surface area contributed by atoms with Crippen molar-refractivity contribution in [2.75, 3.05) is 12.5 Å². The summed E-state index contributed by atoms with van der Waals surface area (Å²) in [6.45, 7) is 0.208. The molecule has 0 bridgehead atoms. The Balaban J connectivity index is 1.48. The number of nitrogens with one attached hydrogen (secondary N) is 1. The van der Waals surface area contributed by atoms with Crippen LogP contribution in [0.25, 0.3) is 11.3 Å². The van der Waals surface area contributed by atoms with Gasteiger partial charge >= 0.3 is 0 Å². The van der Waals surface area contributed by atoms with Gasteiger partial charge in [0, 0.05) is 16.5 Å². The highest BCUT2D eigenvalue weighted by molar-refractivity contribution is 7.14. The van der Waals surface area contributed by atoms with Crippen molar-refractivity contribution in [3.63, 3.8) is 0 Å². The summed E-state index contributed by atoms with van der Waals surface area (Å²) < 4.78 is 24.8. The Morgan fingerprint density at radius 3 is 2.71 bits per heavy atom. The second kappa shape index (κ2) is 9.86. The molecule has 5 nitrogen and oxygen atoms in total. The summed E-state index contributed by atoms with van der Waals surface area (Å²) in [5.74, 6) is 0.801. The van der Waals surface area contributed by atoms with Crippen molar-refractivity contribution in [1.82, 2.24) is 4.98 Å². The van der Waals surface area contributed by atoms with Gasteiger partial charge in [0.15, 0.2) is 11.5 Å². The third kappa shape index (κ3) is 5.26. The molecule has 4 aromatic rings. The Kier molecular flexibility index (Phi) is 6.54. The molecule has 1 heterocycles. The Morgan fingerprint density at radius 1 is 1.06 bits per heavy atom. The molecule has 0 spiro atoms. The summed E-state index contributed by atoms with van der Waals surface area (Å²) in [5, 5.41) is 6.96. The van der Waals surface area contributed by atoms with Crippen LogP contribution in [0, 0.1) is 5.82 Å². The predicted molar refractivity (Wildman–Crippen MR) is 122 cm³/mol. The molecule has 0 unspecified atom stereocenters. The molecule has 1 aromatic heterocycles. The van der Waals surface area contributed by atoms with Crippen molar-refractivity contribution in [3.05, 3.63) is 95.1 Å². The highest BCUT2D eigenvalue weighted by Crippen LogP contribution is 2.31. The van der Waals surface area contributed by atoms with Gasteiger partial charge in [0.05, 0.1) is 19.0 Å². The third-order valence-electron chi connectivity index (χ3n) is 4.44. The Bertz CT molecular complexity index is 1180. The summed E-state index contributed by atoms with van der Waals surface area (Å²) in [6, 6.07) is 21.8. The number of thiazole rings is 1. The van der Waals surface area contributed by atoms with Crippen molar-refractivity contribution >= 4 is 22.7 Å². The maximum Gasteiger partial charge on any atom is 0.203 e. The summed E-state index contributed by atoms with van der Waals surface area (Å²) in [6.07, 6.45) is 1.65. The highest BCUT2D eigenvalue weighted by Gasteiger charge is 2.10. The molecule has 0 saturated carbocycles. The van der Waals surface area contributed by atoms with E-state index in [2.05, 4.69) is 15.5 Å². The maximum absolute atomic E-state index is 13.4. The van der Waals surface area contributed by atoms with Gasteiger partial charge in [0.25, 0.3) is 0 Å². The molecule has 0 aliphatic heterocycles. The van der Waals surface area contributed by atoms with Crippen LogP contribution >= 0.6 is 11.3 Å². The standard InChI is InChI=1S/C24H20FN3O2S/c1-29-22-12-6-10-19(23(22)30-15-17-7-5-11-20(25)13-17)14-26-28-24-27-21(16-31-24)18-8-3-2-4-9-18/h2-14,16H,15H2,1H3,(H,27,28). The number of aromatic nitrogens is 1. The molecular weight excluding hydrogens is 413 g/mol. The molecule has 0 saturated heterocycles. The first kappa shape index (κ1) is 20.6. The number of para-hydroxylation sites is 1. The van der Waals surface area contributed by atoms with Crippen LogP contribution in [0.15, 0.2) is 83.3 Å². The molecular formula is C24H20FN3O2S. The second-order valence-corrected chi connectivity index (χ2v) is 7.43. The Morgan fingerprint density at radius 2 is 1.90 bits per heavy atom. The van der Waals surface area contributed by atoms with E-state index in [1.54, 1.807) is 31.5 Å². The van der Waals surface area contributed by atoms with Gasteiger partial charge in [-0.25, -0.2) is 9.37 Å². The first-order valence-electron chi connectivity index (χ1n) is 9.57. The largest absolute Gasteiger partial charge is 0.493 e. The quantitative estimate of drug-likeness (QED) is 0.274. The molecule has 3 aromatic carbocycles. The van der Waals surface area contributed by atoms with E-state index in [1.807, 2.05) is 47.8 Å². The minimum Gasteiger partial charge on any atom is -0.493 e. The summed E-state index contributed by atoms with van der Waals surface area (Å²) in [5.41, 5.74) is 6.36. The van der Waals surface area contributed by atoms with Gasteiger partial charge in [-0.2, -0.15) is 5.10 Å². The molecule has 0 aliphatic rings. The number of hydrogen-bond acceptors (Lipinski definition) is 6. The third-order valence-corrected chi connectivity index (χ3v) is 5.19. The predicted octanol–water partition coefficient (Wildman–Crippen LogP) is 5.98. The molecule has 0 radical (unpaired) electrons. The molecule has 31 heavy (non-hydrogen) atoms. The molecule has 7 heteroatoms.